The van der Waals surface area contributed by atoms with E-state index in [1.165, 1.54) is 10.4 Å². The topological polar surface area (TPSA) is 119 Å². The average Bonchev–Trinajstić information content (AvgIpc) is 3.80. The van der Waals surface area contributed by atoms with Gasteiger partial charge in [-0.15, -0.1) is 0 Å². The Morgan fingerprint density at radius 1 is 1.07 bits per heavy atom. The lowest BCUT2D eigenvalue weighted by molar-refractivity contribution is -0.160. The Hall–Kier alpha value is -3.58. The Morgan fingerprint density at radius 3 is 2.34 bits per heavy atom. The lowest BCUT2D eigenvalue weighted by Crippen LogP contribution is -2.59. The molecule has 1 aliphatic heterocycles. The van der Waals surface area contributed by atoms with Gasteiger partial charge in [0.2, 0.25) is 15.9 Å². The fourth-order valence-corrected chi connectivity index (χ4v) is 7.77. The lowest BCUT2D eigenvalue weighted by Gasteiger charge is -2.52. The first-order valence-electron chi connectivity index (χ1n) is 14.3. The van der Waals surface area contributed by atoms with Gasteiger partial charge in [-0.3, -0.25) is 13.9 Å². The van der Waals surface area contributed by atoms with Crippen molar-refractivity contribution in [3.8, 4) is 6.07 Å². The van der Waals surface area contributed by atoms with Gasteiger partial charge < -0.3 is 10.0 Å². The zero-order valence-electron chi connectivity index (χ0n) is 24.4. The van der Waals surface area contributed by atoms with E-state index in [0.29, 0.717) is 21.3 Å². The fourth-order valence-electron chi connectivity index (χ4n) is 6.52. The molecule has 1 unspecified atom stereocenters. The summed E-state index contributed by atoms with van der Waals surface area (Å²) in [6.45, 7) is 1.63. The van der Waals surface area contributed by atoms with Crippen LogP contribution in [-0.4, -0.2) is 49.1 Å². The molecule has 11 heteroatoms. The van der Waals surface area contributed by atoms with E-state index in [2.05, 4.69) is 6.07 Å². The van der Waals surface area contributed by atoms with Crippen molar-refractivity contribution in [3.63, 3.8) is 0 Å². The van der Waals surface area contributed by atoms with Gasteiger partial charge in [-0.05, 0) is 78.8 Å². The number of halogens is 2. The zero-order valence-corrected chi connectivity index (χ0v) is 26.7. The molecule has 1 heterocycles. The summed E-state index contributed by atoms with van der Waals surface area (Å²) in [5, 5.41) is 20.5. The van der Waals surface area contributed by atoms with Crippen LogP contribution in [0.2, 0.25) is 10.0 Å². The number of nitriles is 1. The molecule has 4 atom stereocenters. The van der Waals surface area contributed by atoms with Gasteiger partial charge in [0.25, 0.3) is 0 Å². The van der Waals surface area contributed by atoms with Crippen molar-refractivity contribution in [2.24, 2.45) is 11.3 Å². The van der Waals surface area contributed by atoms with E-state index in [0.717, 1.165) is 30.2 Å². The first-order valence-corrected chi connectivity index (χ1v) is 16.9. The highest BCUT2D eigenvalue weighted by molar-refractivity contribution is 7.92. The van der Waals surface area contributed by atoms with Gasteiger partial charge in [-0.1, -0.05) is 60.5 Å². The van der Waals surface area contributed by atoms with Crippen LogP contribution in [0.3, 0.4) is 0 Å². The van der Waals surface area contributed by atoms with Crippen molar-refractivity contribution in [1.29, 1.82) is 5.26 Å². The molecule has 1 aliphatic carbocycles. The van der Waals surface area contributed by atoms with Gasteiger partial charge in [0.1, 0.15) is 0 Å². The summed E-state index contributed by atoms with van der Waals surface area (Å²) in [6, 6.07) is 21.9. The third-order valence-electron chi connectivity index (χ3n) is 8.67. The number of nitrogens with zero attached hydrogens (tertiary/aromatic N) is 3. The predicted molar refractivity (Wildman–Crippen MR) is 170 cm³/mol. The molecule has 0 spiro atoms. The highest BCUT2D eigenvalue weighted by Crippen LogP contribution is 2.54. The fraction of sp³-hybridized carbons (Fsp3) is 0.364. The number of carboxylic acids is 1. The number of hydrogen-bond donors (Lipinski definition) is 1. The molecular formula is C33H33Cl2N3O5S. The van der Waals surface area contributed by atoms with E-state index in [1.807, 2.05) is 30.3 Å². The second-order valence-electron chi connectivity index (χ2n) is 12.1. The average molecular weight is 655 g/mol. The summed E-state index contributed by atoms with van der Waals surface area (Å²) in [6.07, 6.45) is 2.54. The van der Waals surface area contributed by atoms with Gasteiger partial charge in [-0.2, -0.15) is 5.26 Å². The summed E-state index contributed by atoms with van der Waals surface area (Å²) >= 11 is 12.7. The lowest BCUT2D eigenvalue weighted by atomic mass is 9.67. The summed E-state index contributed by atoms with van der Waals surface area (Å²) in [7, 11) is -3.85. The number of anilines is 1. The second kappa shape index (κ2) is 12.4. The van der Waals surface area contributed by atoms with Crippen LogP contribution >= 0.6 is 23.2 Å². The standard InChI is InChI=1S/C33H33Cl2N3O5S/c1-33(18-30(39)40)17-28(24-6-4-7-26(35)16-24)31(23-11-13-25(34)14-12-23)38(32(33)41)29(22-9-10-22)20-37(44(2,42)43)27-8-3-5-21(15-27)19-36/h3-8,11-16,22,28-29,31H,9-10,17-18,20H2,1-2H3,(H,39,40)/t28-,29?,31-,33-/m1/s1. The Bertz CT molecular complexity index is 1720. The molecule has 5 rings (SSSR count). The van der Waals surface area contributed by atoms with E-state index >= 15 is 0 Å². The van der Waals surface area contributed by atoms with Gasteiger partial charge >= 0.3 is 5.97 Å². The van der Waals surface area contributed by atoms with Crippen LogP contribution in [0.25, 0.3) is 0 Å². The summed E-state index contributed by atoms with van der Waals surface area (Å²) < 4.78 is 27.8. The Labute approximate surface area is 267 Å². The Balaban J connectivity index is 1.71. The minimum Gasteiger partial charge on any atom is -0.481 e. The van der Waals surface area contributed by atoms with Crippen LogP contribution < -0.4 is 4.31 Å². The molecule has 44 heavy (non-hydrogen) atoms. The van der Waals surface area contributed by atoms with Crippen molar-refractivity contribution in [2.45, 2.75) is 50.6 Å². The monoisotopic (exact) mass is 653 g/mol. The molecule has 1 amide bonds. The third-order valence-corrected chi connectivity index (χ3v) is 10.3. The van der Waals surface area contributed by atoms with E-state index in [4.69, 9.17) is 23.2 Å². The molecule has 0 bridgehead atoms. The zero-order chi connectivity index (χ0) is 31.8. The maximum absolute atomic E-state index is 14.7. The number of carbonyl (C=O) groups excluding carboxylic acids is 1. The van der Waals surface area contributed by atoms with Gasteiger partial charge in [-0.25, -0.2) is 8.42 Å². The number of sulfonamides is 1. The number of likely N-dealkylation sites (tertiary alicyclic amines) is 1. The number of amides is 1. The largest absolute Gasteiger partial charge is 0.481 e. The number of rotatable bonds is 10. The second-order valence-corrected chi connectivity index (χ2v) is 14.8. The van der Waals surface area contributed by atoms with Crippen LogP contribution in [-0.2, 0) is 19.6 Å². The smallest absolute Gasteiger partial charge is 0.304 e. The Morgan fingerprint density at radius 2 is 1.75 bits per heavy atom. The van der Waals surface area contributed by atoms with Crippen LogP contribution in [0.1, 0.15) is 61.3 Å². The van der Waals surface area contributed by atoms with Crippen LogP contribution in [0.5, 0.6) is 0 Å². The van der Waals surface area contributed by atoms with E-state index < -0.39 is 33.5 Å². The SMILES string of the molecule is C[C@]1(CC(=O)O)C[C@H](c2cccc(Cl)c2)[C@@H](c2ccc(Cl)cc2)N(C(CN(c2cccc(C#N)c2)S(C)(=O)=O)C2CC2)C1=O. The molecule has 1 saturated carbocycles. The third kappa shape index (κ3) is 6.73. The van der Waals surface area contributed by atoms with Crippen LogP contribution in [0.15, 0.2) is 72.8 Å². The maximum Gasteiger partial charge on any atom is 0.304 e. The summed E-state index contributed by atoms with van der Waals surface area (Å²) in [5.41, 5.74) is 1.01. The normalized spacial score (nSPS) is 22.7. The number of aliphatic carboxylic acids is 1. The number of benzene rings is 3. The van der Waals surface area contributed by atoms with Crippen molar-refractivity contribution in [3.05, 3.63) is 99.5 Å². The molecule has 8 nitrogen and oxygen atoms in total. The molecule has 2 aliphatic rings. The van der Waals surface area contributed by atoms with Gasteiger partial charge in [0.15, 0.2) is 0 Å². The van der Waals surface area contributed by atoms with Crippen molar-refractivity contribution in [1.82, 2.24) is 4.90 Å². The molecule has 230 valence electrons. The number of carbonyl (C=O) groups is 2. The van der Waals surface area contributed by atoms with E-state index in [1.54, 1.807) is 48.2 Å². The van der Waals surface area contributed by atoms with Crippen LogP contribution in [0, 0.1) is 22.7 Å². The van der Waals surface area contributed by atoms with Crippen LogP contribution in [0.4, 0.5) is 5.69 Å². The molecule has 0 radical (unpaired) electrons. The molecular weight excluding hydrogens is 621 g/mol. The molecule has 1 saturated heterocycles. The van der Waals surface area contributed by atoms with Gasteiger partial charge in [0.05, 0.1) is 54.0 Å². The predicted octanol–water partition coefficient (Wildman–Crippen LogP) is 6.65. The number of piperidine rings is 1. The highest BCUT2D eigenvalue weighted by Gasteiger charge is 2.55. The molecule has 3 aromatic carbocycles. The van der Waals surface area contributed by atoms with E-state index in [9.17, 15) is 28.4 Å². The molecule has 2 fully saturated rings. The molecule has 1 N–H and O–H groups in total. The minimum atomic E-state index is -3.85. The summed E-state index contributed by atoms with van der Waals surface area (Å²) in [5.74, 6) is -1.80. The highest BCUT2D eigenvalue weighted by atomic mass is 35.5. The van der Waals surface area contributed by atoms with Gasteiger partial charge in [0, 0.05) is 16.0 Å². The maximum atomic E-state index is 14.7. The first-order chi connectivity index (χ1) is 20.8. The Kier molecular flexibility index (Phi) is 8.99. The number of carboxylic acid groups (broad SMARTS) is 1. The van der Waals surface area contributed by atoms with Crippen molar-refractivity contribution >= 4 is 50.8 Å². The molecule has 3 aromatic rings. The number of hydrogen-bond acceptors (Lipinski definition) is 5. The van der Waals surface area contributed by atoms with E-state index in [-0.39, 0.29) is 37.1 Å². The van der Waals surface area contributed by atoms with Crippen molar-refractivity contribution < 1.29 is 23.1 Å². The molecule has 0 aromatic heterocycles. The van der Waals surface area contributed by atoms with Crippen molar-refractivity contribution in [2.75, 3.05) is 17.1 Å². The quantitative estimate of drug-likeness (QED) is 0.262. The first kappa shape index (κ1) is 31.8. The summed E-state index contributed by atoms with van der Waals surface area (Å²) in [4.78, 5) is 28.6. The minimum absolute atomic E-state index is 0.00987.